The molecule has 1 unspecified atom stereocenters. The topological polar surface area (TPSA) is 21.3 Å². The summed E-state index contributed by atoms with van der Waals surface area (Å²) in [7, 11) is 1.61. The van der Waals surface area contributed by atoms with Crippen LogP contribution in [0.4, 0.5) is 13.2 Å². The summed E-state index contributed by atoms with van der Waals surface area (Å²) in [5.41, 5.74) is -0.300. The number of methoxy groups -OCH3 is 1. The lowest BCUT2D eigenvalue weighted by atomic mass is 10.1. The Hall–Kier alpha value is -1.07. The van der Waals surface area contributed by atoms with Gasteiger partial charge in [-0.25, -0.2) is 0 Å². The van der Waals surface area contributed by atoms with E-state index in [1.165, 1.54) is 12.1 Å². The average Bonchev–Trinajstić information content (AvgIpc) is 2.28. The third kappa shape index (κ3) is 4.66. The second-order valence-corrected chi connectivity index (χ2v) is 4.35. The van der Waals surface area contributed by atoms with E-state index in [1.54, 1.807) is 13.2 Å². The van der Waals surface area contributed by atoms with Crippen molar-refractivity contribution in [2.24, 2.45) is 5.92 Å². The van der Waals surface area contributed by atoms with E-state index in [4.69, 9.17) is 4.74 Å². The first kappa shape index (κ1) is 15.0. The van der Waals surface area contributed by atoms with Crippen LogP contribution < -0.4 is 5.32 Å². The molecule has 0 aliphatic rings. The summed E-state index contributed by atoms with van der Waals surface area (Å²) in [6.45, 7) is 3.41. The van der Waals surface area contributed by atoms with Crippen LogP contribution >= 0.6 is 0 Å². The van der Waals surface area contributed by atoms with Gasteiger partial charge in [0.1, 0.15) is 0 Å². The number of hydrogen-bond acceptors (Lipinski definition) is 2. The first-order valence-electron chi connectivity index (χ1n) is 5.80. The van der Waals surface area contributed by atoms with E-state index in [0.717, 1.165) is 6.07 Å². The normalized spacial score (nSPS) is 13.6. The Morgan fingerprint density at radius 3 is 2.56 bits per heavy atom. The SMILES string of the molecule is COCC(C)CNCc1ccccc1C(F)(F)F. The van der Waals surface area contributed by atoms with Gasteiger partial charge in [-0.2, -0.15) is 13.2 Å². The minimum Gasteiger partial charge on any atom is -0.384 e. The first-order valence-corrected chi connectivity index (χ1v) is 5.80. The van der Waals surface area contributed by atoms with Gasteiger partial charge in [-0.15, -0.1) is 0 Å². The summed E-state index contributed by atoms with van der Waals surface area (Å²) in [5, 5.41) is 3.02. The lowest BCUT2D eigenvalue weighted by Gasteiger charge is -2.15. The molecule has 1 N–H and O–H groups in total. The summed E-state index contributed by atoms with van der Waals surface area (Å²) in [5.74, 6) is 0.271. The molecule has 18 heavy (non-hydrogen) atoms. The van der Waals surface area contributed by atoms with Gasteiger partial charge in [0.15, 0.2) is 0 Å². The highest BCUT2D eigenvalue weighted by molar-refractivity contribution is 5.29. The molecule has 5 heteroatoms. The molecule has 0 saturated heterocycles. The fourth-order valence-corrected chi connectivity index (χ4v) is 1.75. The highest BCUT2D eigenvalue weighted by Crippen LogP contribution is 2.31. The number of nitrogens with one attached hydrogen (secondary N) is 1. The van der Waals surface area contributed by atoms with Crippen molar-refractivity contribution >= 4 is 0 Å². The van der Waals surface area contributed by atoms with Crippen LogP contribution in [0.1, 0.15) is 18.1 Å². The molecule has 0 aromatic heterocycles. The van der Waals surface area contributed by atoms with E-state index in [1.807, 2.05) is 6.92 Å². The lowest BCUT2D eigenvalue weighted by Crippen LogP contribution is -2.24. The number of halogens is 3. The maximum Gasteiger partial charge on any atom is 0.416 e. The molecule has 1 atom stereocenters. The lowest BCUT2D eigenvalue weighted by molar-refractivity contribution is -0.138. The van der Waals surface area contributed by atoms with Gasteiger partial charge < -0.3 is 10.1 Å². The van der Waals surface area contributed by atoms with Crippen LogP contribution in [-0.2, 0) is 17.5 Å². The second-order valence-electron chi connectivity index (χ2n) is 4.35. The Morgan fingerprint density at radius 1 is 1.28 bits per heavy atom. The second kappa shape index (κ2) is 6.75. The van der Waals surface area contributed by atoms with Gasteiger partial charge in [-0.3, -0.25) is 0 Å². The van der Waals surface area contributed by atoms with Crippen molar-refractivity contribution in [2.75, 3.05) is 20.3 Å². The number of benzene rings is 1. The average molecular weight is 261 g/mol. The van der Waals surface area contributed by atoms with E-state index < -0.39 is 11.7 Å². The van der Waals surface area contributed by atoms with Gasteiger partial charge in [0.2, 0.25) is 0 Å². The summed E-state index contributed by atoms with van der Waals surface area (Å²) >= 11 is 0. The Morgan fingerprint density at radius 2 is 1.94 bits per heavy atom. The zero-order chi connectivity index (χ0) is 13.6. The van der Waals surface area contributed by atoms with E-state index in [9.17, 15) is 13.2 Å². The van der Waals surface area contributed by atoms with E-state index in [-0.39, 0.29) is 18.0 Å². The Balaban J connectivity index is 2.57. The Labute approximate surface area is 105 Å². The quantitative estimate of drug-likeness (QED) is 0.849. The fourth-order valence-electron chi connectivity index (χ4n) is 1.75. The maximum absolute atomic E-state index is 12.7. The van der Waals surface area contributed by atoms with Crippen LogP contribution in [0.15, 0.2) is 24.3 Å². The predicted molar refractivity (Wildman–Crippen MR) is 64.2 cm³/mol. The zero-order valence-corrected chi connectivity index (χ0v) is 10.6. The molecule has 2 nitrogen and oxygen atoms in total. The monoisotopic (exact) mass is 261 g/mol. The van der Waals surface area contributed by atoms with Crippen molar-refractivity contribution in [2.45, 2.75) is 19.6 Å². The van der Waals surface area contributed by atoms with E-state index >= 15 is 0 Å². The largest absolute Gasteiger partial charge is 0.416 e. The van der Waals surface area contributed by atoms with Crippen LogP contribution in [0.25, 0.3) is 0 Å². The van der Waals surface area contributed by atoms with Gasteiger partial charge in [-0.1, -0.05) is 25.1 Å². The van der Waals surface area contributed by atoms with Crippen LogP contribution in [-0.4, -0.2) is 20.3 Å². The number of rotatable bonds is 6. The van der Waals surface area contributed by atoms with Crippen LogP contribution in [0, 0.1) is 5.92 Å². The van der Waals surface area contributed by atoms with Gasteiger partial charge >= 0.3 is 6.18 Å². The van der Waals surface area contributed by atoms with E-state index in [0.29, 0.717) is 13.2 Å². The molecule has 0 spiro atoms. The molecular formula is C13H18F3NO. The molecule has 0 aliphatic heterocycles. The third-order valence-corrected chi connectivity index (χ3v) is 2.58. The van der Waals surface area contributed by atoms with Crippen molar-refractivity contribution in [3.05, 3.63) is 35.4 Å². The Bertz CT molecular complexity index is 365. The van der Waals surface area contributed by atoms with Gasteiger partial charge in [0, 0.05) is 26.8 Å². The van der Waals surface area contributed by atoms with Gasteiger partial charge in [-0.05, 0) is 17.5 Å². The summed E-state index contributed by atoms with van der Waals surface area (Å²) in [4.78, 5) is 0. The molecule has 0 bridgehead atoms. The molecule has 0 heterocycles. The molecule has 0 aliphatic carbocycles. The van der Waals surface area contributed by atoms with Crippen molar-refractivity contribution < 1.29 is 17.9 Å². The fraction of sp³-hybridized carbons (Fsp3) is 0.538. The van der Waals surface area contributed by atoms with Crippen molar-refractivity contribution in [3.63, 3.8) is 0 Å². The van der Waals surface area contributed by atoms with Crippen molar-refractivity contribution in [1.29, 1.82) is 0 Å². The smallest absolute Gasteiger partial charge is 0.384 e. The molecule has 0 saturated carbocycles. The summed E-state index contributed by atoms with van der Waals surface area (Å²) < 4.78 is 43.1. The molecule has 0 radical (unpaired) electrons. The third-order valence-electron chi connectivity index (χ3n) is 2.58. The minimum atomic E-state index is -4.30. The number of hydrogen-bond donors (Lipinski definition) is 1. The zero-order valence-electron chi connectivity index (χ0n) is 10.6. The number of ether oxygens (including phenoxy) is 1. The van der Waals surface area contributed by atoms with Gasteiger partial charge in [0.05, 0.1) is 5.56 Å². The predicted octanol–water partition coefficient (Wildman–Crippen LogP) is 3.08. The first-order chi connectivity index (χ1) is 8.45. The van der Waals surface area contributed by atoms with Crippen molar-refractivity contribution in [1.82, 2.24) is 5.32 Å². The van der Waals surface area contributed by atoms with Crippen LogP contribution in [0.3, 0.4) is 0 Å². The molecule has 1 aromatic carbocycles. The molecule has 102 valence electrons. The summed E-state index contributed by atoms with van der Waals surface area (Å²) in [6.07, 6.45) is -4.30. The van der Waals surface area contributed by atoms with Crippen molar-refractivity contribution in [3.8, 4) is 0 Å². The highest BCUT2D eigenvalue weighted by atomic mass is 19.4. The molecule has 0 fully saturated rings. The number of alkyl halides is 3. The van der Waals surface area contributed by atoms with Gasteiger partial charge in [0.25, 0.3) is 0 Å². The molecule has 1 rings (SSSR count). The van der Waals surface area contributed by atoms with Crippen LogP contribution in [0.2, 0.25) is 0 Å². The summed E-state index contributed by atoms with van der Waals surface area (Å²) in [6, 6.07) is 5.62. The van der Waals surface area contributed by atoms with E-state index in [2.05, 4.69) is 5.32 Å². The van der Waals surface area contributed by atoms with Crippen LogP contribution in [0.5, 0.6) is 0 Å². The highest BCUT2D eigenvalue weighted by Gasteiger charge is 2.32. The maximum atomic E-state index is 12.7. The Kier molecular flexibility index (Phi) is 5.62. The minimum absolute atomic E-state index is 0.212. The molecule has 1 aromatic rings. The standard InChI is InChI=1S/C13H18F3NO/c1-10(9-18-2)7-17-8-11-5-3-4-6-12(11)13(14,15)16/h3-6,10,17H,7-9H2,1-2H3. The molecular weight excluding hydrogens is 243 g/mol. The molecule has 0 amide bonds.